The number of benzene rings is 1. The Morgan fingerprint density at radius 1 is 1.47 bits per heavy atom. The van der Waals surface area contributed by atoms with Gasteiger partial charge in [0.15, 0.2) is 0 Å². The van der Waals surface area contributed by atoms with Gasteiger partial charge in [-0.1, -0.05) is 6.07 Å². The van der Waals surface area contributed by atoms with Crippen LogP contribution >= 0.6 is 0 Å². The van der Waals surface area contributed by atoms with Gasteiger partial charge in [-0.3, -0.25) is 9.89 Å². The number of amides is 1. The van der Waals surface area contributed by atoms with Crippen molar-refractivity contribution in [2.45, 2.75) is 24.8 Å². The number of aromatic nitrogens is 2. The van der Waals surface area contributed by atoms with Gasteiger partial charge < -0.3 is 11.1 Å². The van der Waals surface area contributed by atoms with Crippen LogP contribution in [0.5, 0.6) is 0 Å². The van der Waals surface area contributed by atoms with Crippen LogP contribution in [0.3, 0.4) is 0 Å². The van der Waals surface area contributed by atoms with E-state index in [1.165, 1.54) is 0 Å². The predicted molar refractivity (Wildman–Crippen MR) is 65.5 cm³/mol. The Morgan fingerprint density at radius 3 is 3.00 bits per heavy atom. The fraction of sp³-hybridized carbons (Fsp3) is 0.333. The molecule has 0 spiro atoms. The number of hydrogen-bond donors (Lipinski definition) is 3. The van der Waals surface area contributed by atoms with E-state index in [-0.39, 0.29) is 5.91 Å². The van der Waals surface area contributed by atoms with Gasteiger partial charge in [0, 0.05) is 5.39 Å². The maximum atomic E-state index is 12.0. The molecule has 0 unspecified atom stereocenters. The molecule has 4 N–H and O–H groups in total. The van der Waals surface area contributed by atoms with Crippen LogP contribution in [-0.4, -0.2) is 21.6 Å². The number of carbonyl (C=O) groups is 1. The van der Waals surface area contributed by atoms with Crippen molar-refractivity contribution in [1.82, 2.24) is 10.2 Å². The van der Waals surface area contributed by atoms with Crippen LogP contribution in [-0.2, 0) is 4.79 Å². The molecule has 0 saturated heterocycles. The number of H-pyrrole nitrogens is 1. The first kappa shape index (κ1) is 10.3. The third-order valence-corrected chi connectivity index (χ3v) is 3.43. The first-order valence-electron chi connectivity index (χ1n) is 5.71. The SMILES string of the molecule is NC1(C(=O)Nc2cccc3[nH]ncc23)CCC1. The lowest BCUT2D eigenvalue weighted by Gasteiger charge is -2.36. The largest absolute Gasteiger partial charge is 0.324 e. The zero-order valence-corrected chi connectivity index (χ0v) is 9.36. The number of rotatable bonds is 2. The van der Waals surface area contributed by atoms with Crippen LogP contribution in [0.25, 0.3) is 10.9 Å². The molecule has 1 fully saturated rings. The first-order chi connectivity index (χ1) is 8.19. The molecule has 1 heterocycles. The molecule has 3 rings (SSSR count). The van der Waals surface area contributed by atoms with Crippen LogP contribution in [0, 0.1) is 0 Å². The summed E-state index contributed by atoms with van der Waals surface area (Å²) in [5.41, 5.74) is 6.97. The van der Waals surface area contributed by atoms with Gasteiger partial charge in [-0.15, -0.1) is 0 Å². The number of nitrogens with two attached hydrogens (primary N) is 1. The van der Waals surface area contributed by atoms with Crippen molar-refractivity contribution in [3.05, 3.63) is 24.4 Å². The molecule has 0 bridgehead atoms. The monoisotopic (exact) mass is 230 g/mol. The van der Waals surface area contributed by atoms with Crippen LogP contribution in [0.15, 0.2) is 24.4 Å². The molecular formula is C12H14N4O. The third kappa shape index (κ3) is 1.59. The highest BCUT2D eigenvalue weighted by Crippen LogP contribution is 2.31. The van der Waals surface area contributed by atoms with Gasteiger partial charge in [0.25, 0.3) is 0 Å². The summed E-state index contributed by atoms with van der Waals surface area (Å²) >= 11 is 0. The summed E-state index contributed by atoms with van der Waals surface area (Å²) in [5.74, 6) is -0.0996. The number of hydrogen-bond acceptors (Lipinski definition) is 3. The van der Waals surface area contributed by atoms with Crippen molar-refractivity contribution in [1.29, 1.82) is 0 Å². The van der Waals surface area contributed by atoms with E-state index in [0.717, 1.165) is 35.9 Å². The van der Waals surface area contributed by atoms with Crippen molar-refractivity contribution in [3.8, 4) is 0 Å². The number of carbonyl (C=O) groups excluding carboxylic acids is 1. The molecule has 17 heavy (non-hydrogen) atoms. The van der Waals surface area contributed by atoms with Gasteiger partial charge in [-0.2, -0.15) is 5.10 Å². The zero-order valence-electron chi connectivity index (χ0n) is 9.36. The minimum Gasteiger partial charge on any atom is -0.324 e. The fourth-order valence-electron chi connectivity index (χ4n) is 2.11. The Balaban J connectivity index is 1.90. The molecule has 0 radical (unpaired) electrons. The Bertz CT molecular complexity index is 571. The molecule has 5 nitrogen and oxygen atoms in total. The number of anilines is 1. The molecule has 5 heteroatoms. The Kier molecular flexibility index (Phi) is 2.16. The minimum absolute atomic E-state index is 0.0996. The van der Waals surface area contributed by atoms with Crippen LogP contribution in [0.2, 0.25) is 0 Å². The summed E-state index contributed by atoms with van der Waals surface area (Å²) in [6.07, 6.45) is 4.26. The average molecular weight is 230 g/mol. The van der Waals surface area contributed by atoms with Gasteiger partial charge in [-0.05, 0) is 31.4 Å². The molecule has 0 aliphatic heterocycles. The van der Waals surface area contributed by atoms with E-state index in [1.807, 2.05) is 18.2 Å². The second kappa shape index (κ2) is 3.56. The van der Waals surface area contributed by atoms with Crippen molar-refractivity contribution < 1.29 is 4.79 Å². The van der Waals surface area contributed by atoms with Gasteiger partial charge in [0.1, 0.15) is 0 Å². The number of nitrogens with zero attached hydrogens (tertiary/aromatic N) is 1. The van der Waals surface area contributed by atoms with Crippen molar-refractivity contribution in [2.24, 2.45) is 5.73 Å². The second-order valence-electron chi connectivity index (χ2n) is 4.60. The topological polar surface area (TPSA) is 83.8 Å². The van der Waals surface area contributed by atoms with E-state index < -0.39 is 5.54 Å². The molecule has 1 amide bonds. The molecule has 1 aliphatic carbocycles. The van der Waals surface area contributed by atoms with Crippen LogP contribution in [0.4, 0.5) is 5.69 Å². The summed E-state index contributed by atoms with van der Waals surface area (Å²) in [7, 11) is 0. The summed E-state index contributed by atoms with van der Waals surface area (Å²) in [6.45, 7) is 0. The summed E-state index contributed by atoms with van der Waals surface area (Å²) < 4.78 is 0. The smallest absolute Gasteiger partial charge is 0.244 e. The molecule has 88 valence electrons. The van der Waals surface area contributed by atoms with Crippen LogP contribution < -0.4 is 11.1 Å². The van der Waals surface area contributed by atoms with Gasteiger partial charge >= 0.3 is 0 Å². The number of nitrogens with one attached hydrogen (secondary N) is 2. The maximum Gasteiger partial charge on any atom is 0.244 e. The van der Waals surface area contributed by atoms with E-state index in [9.17, 15) is 4.79 Å². The highest BCUT2D eigenvalue weighted by Gasteiger charge is 2.40. The second-order valence-corrected chi connectivity index (χ2v) is 4.60. The Labute approximate surface area is 98.4 Å². The van der Waals surface area contributed by atoms with Gasteiger partial charge in [0.2, 0.25) is 5.91 Å². The summed E-state index contributed by atoms with van der Waals surface area (Å²) in [4.78, 5) is 12.0. The normalized spacial score (nSPS) is 17.7. The fourth-order valence-corrected chi connectivity index (χ4v) is 2.11. The molecule has 1 aromatic heterocycles. The Hall–Kier alpha value is -1.88. The molecule has 1 aliphatic rings. The van der Waals surface area contributed by atoms with Crippen LogP contribution in [0.1, 0.15) is 19.3 Å². The standard InChI is InChI=1S/C12H14N4O/c13-12(5-2-6-12)11(17)15-9-3-1-4-10-8(9)7-14-16-10/h1,3-4,7H,2,5-6,13H2,(H,14,16)(H,15,17). The van der Waals surface area contributed by atoms with E-state index in [2.05, 4.69) is 15.5 Å². The molecule has 1 aromatic carbocycles. The molecule has 1 saturated carbocycles. The molecular weight excluding hydrogens is 216 g/mol. The van der Waals surface area contributed by atoms with Gasteiger partial charge in [-0.25, -0.2) is 0 Å². The minimum atomic E-state index is -0.675. The molecule has 0 atom stereocenters. The highest BCUT2D eigenvalue weighted by molar-refractivity contribution is 6.04. The maximum absolute atomic E-state index is 12.0. The van der Waals surface area contributed by atoms with E-state index in [0.29, 0.717) is 0 Å². The lowest BCUT2D eigenvalue weighted by atomic mass is 9.77. The number of fused-ring (bicyclic) bond motifs is 1. The quantitative estimate of drug-likeness (QED) is 0.728. The third-order valence-electron chi connectivity index (χ3n) is 3.43. The lowest BCUT2D eigenvalue weighted by Crippen LogP contribution is -2.56. The van der Waals surface area contributed by atoms with Crippen molar-refractivity contribution in [2.75, 3.05) is 5.32 Å². The van der Waals surface area contributed by atoms with Crippen molar-refractivity contribution in [3.63, 3.8) is 0 Å². The van der Waals surface area contributed by atoms with E-state index in [4.69, 9.17) is 5.73 Å². The highest BCUT2D eigenvalue weighted by atomic mass is 16.2. The van der Waals surface area contributed by atoms with E-state index >= 15 is 0 Å². The van der Waals surface area contributed by atoms with Crippen molar-refractivity contribution >= 4 is 22.5 Å². The first-order valence-corrected chi connectivity index (χ1v) is 5.71. The lowest BCUT2D eigenvalue weighted by molar-refractivity contribution is -0.123. The zero-order chi connectivity index (χ0) is 11.9. The van der Waals surface area contributed by atoms with E-state index in [1.54, 1.807) is 6.20 Å². The average Bonchev–Trinajstić information content (AvgIpc) is 2.75. The Morgan fingerprint density at radius 2 is 2.29 bits per heavy atom. The molecule has 2 aromatic rings. The summed E-state index contributed by atoms with van der Waals surface area (Å²) in [6, 6.07) is 5.65. The predicted octanol–water partition coefficient (Wildman–Crippen LogP) is 1.38. The van der Waals surface area contributed by atoms with Gasteiger partial charge in [0.05, 0.1) is 22.9 Å². The summed E-state index contributed by atoms with van der Waals surface area (Å²) in [5, 5.41) is 10.6. The number of aromatic amines is 1.